The first-order valence-corrected chi connectivity index (χ1v) is 10.4. The molecule has 0 fully saturated rings. The van der Waals surface area contributed by atoms with E-state index in [1.165, 1.54) is 12.0 Å². The molecule has 0 amide bonds. The van der Waals surface area contributed by atoms with Gasteiger partial charge >= 0.3 is 0 Å². The Morgan fingerprint density at radius 1 is 0.968 bits per heavy atom. The van der Waals surface area contributed by atoms with Gasteiger partial charge in [0.2, 0.25) is 0 Å². The second kappa shape index (κ2) is 9.49. The normalized spacial score (nSPS) is 12.1. The van der Waals surface area contributed by atoms with Crippen molar-refractivity contribution >= 4 is 22.2 Å². The van der Waals surface area contributed by atoms with Crippen LogP contribution < -0.4 is 10.1 Å². The van der Waals surface area contributed by atoms with Gasteiger partial charge in [0.15, 0.2) is 12.0 Å². The van der Waals surface area contributed by atoms with Crippen LogP contribution in [0.2, 0.25) is 0 Å². The quantitative estimate of drug-likeness (QED) is 0.294. The van der Waals surface area contributed by atoms with Crippen LogP contribution in [0.5, 0.6) is 11.5 Å². The fourth-order valence-electron chi connectivity index (χ4n) is 3.70. The lowest BCUT2D eigenvalue weighted by atomic mass is 9.88. The summed E-state index contributed by atoms with van der Waals surface area (Å²) >= 11 is 0. The Labute approximate surface area is 182 Å². The van der Waals surface area contributed by atoms with Crippen molar-refractivity contribution in [2.75, 3.05) is 20.2 Å². The second-order valence-corrected chi connectivity index (χ2v) is 7.27. The van der Waals surface area contributed by atoms with Gasteiger partial charge in [0, 0.05) is 6.54 Å². The lowest BCUT2D eigenvalue weighted by molar-refractivity contribution is 0.318. The first-order valence-electron chi connectivity index (χ1n) is 10.4. The Morgan fingerprint density at radius 3 is 2.32 bits per heavy atom. The third-order valence-electron chi connectivity index (χ3n) is 5.25. The van der Waals surface area contributed by atoms with Crippen LogP contribution in [-0.4, -0.2) is 30.3 Å². The minimum atomic E-state index is 0.249. The minimum Gasteiger partial charge on any atom is -0.508 e. The molecule has 0 unspecified atom stereocenters. The molecule has 0 aliphatic heterocycles. The van der Waals surface area contributed by atoms with Crippen LogP contribution >= 0.6 is 0 Å². The molecule has 0 saturated heterocycles. The average molecular weight is 415 g/mol. The number of nitrogens with zero attached hydrogens (tertiary/aromatic N) is 1. The van der Waals surface area contributed by atoms with Crippen LogP contribution in [-0.2, 0) is 0 Å². The van der Waals surface area contributed by atoms with E-state index in [1.54, 1.807) is 12.1 Å². The van der Waals surface area contributed by atoms with Gasteiger partial charge in [0.05, 0.1) is 0 Å². The number of ether oxygens (including phenoxy) is 1. The molecule has 158 valence electrons. The number of phenols is 1. The zero-order valence-corrected chi connectivity index (χ0v) is 17.8. The molecule has 1 aromatic heterocycles. The average Bonchev–Trinajstić information content (AvgIpc) is 3.27. The number of hydrogen-bond donors (Lipinski definition) is 2. The summed E-state index contributed by atoms with van der Waals surface area (Å²) < 4.78 is 11.2. The number of hydrogen-bond acceptors (Lipinski definition) is 5. The van der Waals surface area contributed by atoms with Crippen molar-refractivity contribution in [3.05, 3.63) is 89.8 Å². The van der Waals surface area contributed by atoms with Crippen LogP contribution in [0.1, 0.15) is 30.0 Å². The second-order valence-electron chi connectivity index (χ2n) is 7.27. The summed E-state index contributed by atoms with van der Waals surface area (Å²) in [4.78, 5) is 4.32. The van der Waals surface area contributed by atoms with Gasteiger partial charge in [-0.2, -0.15) is 0 Å². The molecule has 3 aromatic carbocycles. The van der Waals surface area contributed by atoms with Crippen molar-refractivity contribution in [2.45, 2.75) is 13.3 Å². The highest BCUT2D eigenvalue weighted by atomic mass is 16.5. The molecule has 0 saturated carbocycles. The summed E-state index contributed by atoms with van der Waals surface area (Å²) in [5.74, 6) is 1.09. The summed E-state index contributed by atoms with van der Waals surface area (Å²) in [5, 5.41) is 12.9. The van der Waals surface area contributed by atoms with Gasteiger partial charge in [-0.25, -0.2) is 4.98 Å². The Morgan fingerprint density at radius 2 is 1.65 bits per heavy atom. The van der Waals surface area contributed by atoms with Gasteiger partial charge in [0.1, 0.15) is 23.6 Å². The predicted octanol–water partition coefficient (Wildman–Crippen LogP) is 5.50. The van der Waals surface area contributed by atoms with Gasteiger partial charge in [-0.05, 0) is 77.7 Å². The molecule has 5 nitrogen and oxygen atoms in total. The van der Waals surface area contributed by atoms with E-state index in [-0.39, 0.29) is 5.75 Å². The van der Waals surface area contributed by atoms with E-state index in [1.807, 2.05) is 37.4 Å². The maximum absolute atomic E-state index is 9.80. The number of nitrogens with one attached hydrogen (secondary N) is 1. The molecule has 5 heteroatoms. The van der Waals surface area contributed by atoms with Gasteiger partial charge in [0.25, 0.3) is 0 Å². The van der Waals surface area contributed by atoms with E-state index in [2.05, 4.69) is 41.5 Å². The van der Waals surface area contributed by atoms with Crippen molar-refractivity contribution in [3.8, 4) is 11.5 Å². The Balaban J connectivity index is 1.82. The molecule has 4 rings (SSSR count). The molecule has 31 heavy (non-hydrogen) atoms. The Kier molecular flexibility index (Phi) is 6.34. The molecule has 1 heterocycles. The summed E-state index contributed by atoms with van der Waals surface area (Å²) in [6, 6.07) is 21.6. The number of allylic oxidation sites excluding steroid dienone is 1. The number of aromatic nitrogens is 1. The van der Waals surface area contributed by atoms with Crippen LogP contribution in [0.15, 0.2) is 77.5 Å². The monoisotopic (exact) mass is 414 g/mol. The van der Waals surface area contributed by atoms with Gasteiger partial charge in [-0.1, -0.05) is 37.3 Å². The molecule has 0 aliphatic rings. The zero-order chi connectivity index (χ0) is 21.6. The van der Waals surface area contributed by atoms with E-state index < -0.39 is 0 Å². The number of rotatable bonds is 8. The largest absolute Gasteiger partial charge is 0.508 e. The fraction of sp³-hybridized carbons (Fsp3) is 0.192. The topological polar surface area (TPSA) is 67.5 Å². The van der Waals surface area contributed by atoms with Crippen LogP contribution in [0.25, 0.3) is 22.2 Å². The zero-order valence-electron chi connectivity index (χ0n) is 17.8. The Bertz CT molecular complexity index is 1180. The molecule has 0 atom stereocenters. The number of benzene rings is 3. The molecule has 4 aromatic rings. The third kappa shape index (κ3) is 4.62. The highest BCUT2D eigenvalue weighted by Crippen LogP contribution is 2.36. The maximum Gasteiger partial charge on any atom is 0.181 e. The van der Waals surface area contributed by atoms with Crippen molar-refractivity contribution in [1.82, 2.24) is 10.3 Å². The summed E-state index contributed by atoms with van der Waals surface area (Å²) in [5.41, 5.74) is 7.14. The SMILES string of the molecule is CCC(=C(c1ccc(O)cc1)c1ccc(OCCNC)cc1)c1ccc2ocnc2c1. The molecule has 0 radical (unpaired) electrons. The first-order chi connectivity index (χ1) is 15.2. The number of aromatic hydroxyl groups is 1. The highest BCUT2D eigenvalue weighted by molar-refractivity contribution is 5.99. The summed E-state index contributed by atoms with van der Waals surface area (Å²) in [6.45, 7) is 3.57. The number of phenolic OH excluding ortho intramolecular Hbond substituents is 1. The highest BCUT2D eigenvalue weighted by Gasteiger charge is 2.14. The van der Waals surface area contributed by atoms with E-state index >= 15 is 0 Å². The van der Waals surface area contributed by atoms with Crippen molar-refractivity contribution in [1.29, 1.82) is 0 Å². The van der Waals surface area contributed by atoms with Gasteiger partial charge < -0.3 is 19.6 Å². The number of oxazole rings is 1. The van der Waals surface area contributed by atoms with E-state index in [9.17, 15) is 5.11 Å². The lowest BCUT2D eigenvalue weighted by Crippen LogP contribution is -2.15. The third-order valence-corrected chi connectivity index (χ3v) is 5.25. The minimum absolute atomic E-state index is 0.249. The van der Waals surface area contributed by atoms with Crippen LogP contribution in [0.3, 0.4) is 0 Å². The smallest absolute Gasteiger partial charge is 0.181 e. The molecule has 0 aliphatic carbocycles. The van der Waals surface area contributed by atoms with E-state index in [4.69, 9.17) is 9.15 Å². The predicted molar refractivity (Wildman–Crippen MR) is 124 cm³/mol. The lowest BCUT2D eigenvalue weighted by Gasteiger charge is -2.17. The van der Waals surface area contributed by atoms with E-state index in [0.717, 1.165) is 52.1 Å². The van der Waals surface area contributed by atoms with E-state index in [0.29, 0.717) is 6.61 Å². The molecule has 2 N–H and O–H groups in total. The van der Waals surface area contributed by atoms with Crippen LogP contribution in [0, 0.1) is 0 Å². The molecule has 0 spiro atoms. The molecular weight excluding hydrogens is 388 g/mol. The maximum atomic E-state index is 9.80. The number of likely N-dealkylation sites (N-methyl/N-ethyl adjacent to an activating group) is 1. The molecular formula is C26H26N2O3. The first kappa shape index (κ1) is 20.7. The van der Waals surface area contributed by atoms with Gasteiger partial charge in [-0.15, -0.1) is 0 Å². The van der Waals surface area contributed by atoms with Gasteiger partial charge in [-0.3, -0.25) is 0 Å². The van der Waals surface area contributed by atoms with Crippen molar-refractivity contribution in [2.24, 2.45) is 0 Å². The molecule has 0 bridgehead atoms. The number of fused-ring (bicyclic) bond motifs is 1. The fourth-order valence-corrected chi connectivity index (χ4v) is 3.70. The van der Waals surface area contributed by atoms with Crippen molar-refractivity contribution in [3.63, 3.8) is 0 Å². The van der Waals surface area contributed by atoms with Crippen molar-refractivity contribution < 1.29 is 14.3 Å². The van der Waals surface area contributed by atoms with Crippen LogP contribution in [0.4, 0.5) is 0 Å². The summed E-state index contributed by atoms with van der Waals surface area (Å²) in [7, 11) is 1.91. The standard InChI is InChI=1S/C26H26N2O3/c1-3-23(20-8-13-25-24(16-20)28-17-31-25)26(18-4-9-21(29)10-5-18)19-6-11-22(12-7-19)30-15-14-27-2/h4-13,16-17,27,29H,3,14-15H2,1-2H3. The Hall–Kier alpha value is -3.57. The summed E-state index contributed by atoms with van der Waals surface area (Å²) in [6.07, 6.45) is 2.30.